The van der Waals surface area contributed by atoms with Gasteiger partial charge in [-0.15, -0.1) is 0 Å². The number of hydrogen-bond acceptors (Lipinski definition) is 2. The Kier molecular flexibility index (Phi) is 4.58. The first-order valence-corrected chi connectivity index (χ1v) is 7.25. The molecule has 0 saturated carbocycles. The van der Waals surface area contributed by atoms with E-state index in [1.165, 1.54) is 12.1 Å². The zero-order chi connectivity index (χ0) is 14.9. The number of aryl methyl sites for hydroxylation is 1. The van der Waals surface area contributed by atoms with Crippen LogP contribution >= 0.6 is 39.1 Å². The van der Waals surface area contributed by atoms with Crippen LogP contribution in [0.3, 0.4) is 0 Å². The molecule has 20 heavy (non-hydrogen) atoms. The molecule has 0 aliphatic heterocycles. The van der Waals surface area contributed by atoms with Crippen LogP contribution in [0.1, 0.15) is 15.9 Å². The number of carbonyl (C=O) groups excluding carboxylic acids is 1. The normalized spacial score (nSPS) is 10.4. The Morgan fingerprint density at radius 2 is 1.80 bits per heavy atom. The van der Waals surface area contributed by atoms with Crippen molar-refractivity contribution in [3.8, 4) is 0 Å². The molecule has 6 heteroatoms. The van der Waals surface area contributed by atoms with E-state index in [4.69, 9.17) is 28.9 Å². The molecule has 2 aromatic carbocycles. The summed E-state index contributed by atoms with van der Waals surface area (Å²) in [5.41, 5.74) is 8.02. The average Bonchev–Trinajstić information content (AvgIpc) is 2.38. The monoisotopic (exact) mass is 372 g/mol. The third-order valence-electron chi connectivity index (χ3n) is 2.71. The van der Waals surface area contributed by atoms with Crippen LogP contribution in [-0.4, -0.2) is 5.91 Å². The van der Waals surface area contributed by atoms with E-state index in [0.29, 0.717) is 11.3 Å². The van der Waals surface area contributed by atoms with Gasteiger partial charge in [0.1, 0.15) is 0 Å². The number of halogens is 3. The Hall–Kier alpha value is -1.23. The highest BCUT2D eigenvalue weighted by atomic mass is 79.9. The first-order valence-electron chi connectivity index (χ1n) is 5.70. The Balaban J connectivity index is 2.28. The van der Waals surface area contributed by atoms with E-state index < -0.39 is 0 Å². The van der Waals surface area contributed by atoms with Crippen molar-refractivity contribution >= 4 is 56.4 Å². The van der Waals surface area contributed by atoms with Gasteiger partial charge in [0.15, 0.2) is 0 Å². The Labute approximate surface area is 135 Å². The number of nitrogens with one attached hydrogen (secondary N) is 1. The van der Waals surface area contributed by atoms with Crippen LogP contribution in [0.4, 0.5) is 11.4 Å². The van der Waals surface area contributed by atoms with Crippen LogP contribution in [0.5, 0.6) is 0 Å². The fourth-order valence-electron chi connectivity index (χ4n) is 1.63. The first-order chi connectivity index (χ1) is 9.38. The summed E-state index contributed by atoms with van der Waals surface area (Å²) in [5, 5.41) is 3.29. The topological polar surface area (TPSA) is 55.1 Å². The second-order valence-corrected chi connectivity index (χ2v) is 5.96. The average molecular weight is 374 g/mol. The van der Waals surface area contributed by atoms with Gasteiger partial charge in [-0.25, -0.2) is 0 Å². The summed E-state index contributed by atoms with van der Waals surface area (Å²) in [5.74, 6) is -0.307. The van der Waals surface area contributed by atoms with E-state index in [-0.39, 0.29) is 21.6 Å². The van der Waals surface area contributed by atoms with Gasteiger partial charge in [0.05, 0.1) is 21.4 Å². The number of rotatable bonds is 2. The van der Waals surface area contributed by atoms with Crippen LogP contribution < -0.4 is 11.1 Å². The third-order valence-corrected chi connectivity index (χ3v) is 4.00. The van der Waals surface area contributed by atoms with Crippen molar-refractivity contribution in [2.75, 3.05) is 11.1 Å². The molecular weight excluding hydrogens is 363 g/mol. The molecule has 0 aliphatic rings. The van der Waals surface area contributed by atoms with Crippen molar-refractivity contribution in [1.82, 2.24) is 0 Å². The van der Waals surface area contributed by atoms with Gasteiger partial charge in [-0.1, -0.05) is 29.3 Å². The van der Waals surface area contributed by atoms with Crippen molar-refractivity contribution in [3.05, 3.63) is 56.0 Å². The van der Waals surface area contributed by atoms with Crippen LogP contribution in [0.15, 0.2) is 34.8 Å². The summed E-state index contributed by atoms with van der Waals surface area (Å²) < 4.78 is 0.804. The lowest BCUT2D eigenvalue weighted by Crippen LogP contribution is -2.12. The molecule has 2 rings (SSSR count). The number of nitrogens with two attached hydrogens (primary N) is 1. The highest BCUT2D eigenvalue weighted by Gasteiger charge is 2.12. The minimum atomic E-state index is -0.307. The molecule has 2 aromatic rings. The quantitative estimate of drug-likeness (QED) is 0.735. The number of amides is 1. The molecule has 0 fully saturated rings. The molecule has 0 atom stereocenters. The molecule has 1 amide bonds. The minimum Gasteiger partial charge on any atom is -0.396 e. The van der Waals surface area contributed by atoms with Gasteiger partial charge < -0.3 is 11.1 Å². The summed E-state index contributed by atoms with van der Waals surface area (Å²) in [6.45, 7) is 1.97. The van der Waals surface area contributed by atoms with Crippen molar-refractivity contribution < 1.29 is 4.79 Å². The number of hydrogen-bond donors (Lipinski definition) is 2. The van der Waals surface area contributed by atoms with E-state index >= 15 is 0 Å². The second-order valence-electron chi connectivity index (χ2n) is 4.29. The number of nitrogen functional groups attached to an aromatic ring is 1. The lowest BCUT2D eigenvalue weighted by molar-refractivity contribution is 0.102. The molecule has 3 N–H and O–H groups in total. The molecule has 0 saturated heterocycles. The van der Waals surface area contributed by atoms with Crippen LogP contribution in [0, 0.1) is 6.92 Å². The molecule has 3 nitrogen and oxygen atoms in total. The van der Waals surface area contributed by atoms with Gasteiger partial charge in [-0.05, 0) is 52.7 Å². The smallest absolute Gasteiger partial charge is 0.255 e. The third kappa shape index (κ3) is 3.26. The van der Waals surface area contributed by atoms with Gasteiger partial charge in [-0.2, -0.15) is 0 Å². The standard InChI is InChI=1S/C14H11BrCl2N2O/c1-7-2-3-12(9(15)4-7)19-14(20)8-5-10(16)13(18)11(17)6-8/h2-6H,18H2,1H3,(H,19,20). The number of carbonyl (C=O) groups is 1. The zero-order valence-corrected chi connectivity index (χ0v) is 13.6. The van der Waals surface area contributed by atoms with Gasteiger partial charge >= 0.3 is 0 Å². The van der Waals surface area contributed by atoms with E-state index in [2.05, 4.69) is 21.2 Å². The predicted molar refractivity (Wildman–Crippen MR) is 87.7 cm³/mol. The van der Waals surface area contributed by atoms with Crippen molar-refractivity contribution in [3.63, 3.8) is 0 Å². The summed E-state index contributed by atoms with van der Waals surface area (Å²) >= 11 is 15.2. The minimum absolute atomic E-state index is 0.255. The SMILES string of the molecule is Cc1ccc(NC(=O)c2cc(Cl)c(N)c(Cl)c2)c(Br)c1. The van der Waals surface area contributed by atoms with E-state index in [9.17, 15) is 4.79 Å². The fourth-order valence-corrected chi connectivity index (χ4v) is 2.71. The molecular formula is C14H11BrCl2N2O. The van der Waals surface area contributed by atoms with Crippen LogP contribution in [-0.2, 0) is 0 Å². The summed E-state index contributed by atoms with van der Waals surface area (Å²) in [4.78, 5) is 12.2. The molecule has 104 valence electrons. The maximum atomic E-state index is 12.2. The lowest BCUT2D eigenvalue weighted by atomic mass is 10.1. The van der Waals surface area contributed by atoms with E-state index in [1.807, 2.05) is 25.1 Å². The zero-order valence-electron chi connectivity index (χ0n) is 10.5. The van der Waals surface area contributed by atoms with Gasteiger partial charge in [-0.3, -0.25) is 4.79 Å². The molecule has 0 bridgehead atoms. The summed E-state index contributed by atoms with van der Waals surface area (Å²) in [6.07, 6.45) is 0. The Morgan fingerprint density at radius 1 is 1.20 bits per heavy atom. The largest absolute Gasteiger partial charge is 0.396 e. The van der Waals surface area contributed by atoms with Gasteiger partial charge in [0.25, 0.3) is 5.91 Å². The molecule has 0 aliphatic carbocycles. The maximum Gasteiger partial charge on any atom is 0.255 e. The van der Waals surface area contributed by atoms with Crippen molar-refractivity contribution in [2.24, 2.45) is 0 Å². The second kappa shape index (κ2) is 6.04. The fraction of sp³-hybridized carbons (Fsp3) is 0.0714. The van der Waals surface area contributed by atoms with E-state index in [0.717, 1.165) is 10.0 Å². The van der Waals surface area contributed by atoms with Gasteiger partial charge in [0.2, 0.25) is 0 Å². The molecule has 0 radical (unpaired) electrons. The van der Waals surface area contributed by atoms with Crippen LogP contribution in [0.2, 0.25) is 10.0 Å². The lowest BCUT2D eigenvalue weighted by Gasteiger charge is -2.10. The first kappa shape index (κ1) is 15.2. The van der Waals surface area contributed by atoms with Gasteiger partial charge in [0, 0.05) is 10.0 Å². The molecule has 0 unspecified atom stereocenters. The maximum absolute atomic E-state index is 12.2. The Morgan fingerprint density at radius 3 is 2.35 bits per heavy atom. The summed E-state index contributed by atoms with van der Waals surface area (Å²) in [6, 6.07) is 8.61. The van der Waals surface area contributed by atoms with Crippen LogP contribution in [0.25, 0.3) is 0 Å². The molecule has 0 spiro atoms. The van der Waals surface area contributed by atoms with E-state index in [1.54, 1.807) is 0 Å². The van der Waals surface area contributed by atoms with Crippen molar-refractivity contribution in [2.45, 2.75) is 6.92 Å². The highest BCUT2D eigenvalue weighted by Crippen LogP contribution is 2.30. The predicted octanol–water partition coefficient (Wildman–Crippen LogP) is 4.90. The number of anilines is 2. The highest BCUT2D eigenvalue weighted by molar-refractivity contribution is 9.10. The summed E-state index contributed by atoms with van der Waals surface area (Å²) in [7, 11) is 0. The molecule has 0 aromatic heterocycles. The number of benzene rings is 2. The molecule has 0 heterocycles. The Bertz CT molecular complexity index is 666. The van der Waals surface area contributed by atoms with Crippen molar-refractivity contribution in [1.29, 1.82) is 0 Å².